The van der Waals surface area contributed by atoms with Crippen molar-refractivity contribution in [1.82, 2.24) is 5.32 Å². The van der Waals surface area contributed by atoms with Crippen LogP contribution in [0, 0.1) is 6.92 Å². The van der Waals surface area contributed by atoms with Crippen LogP contribution in [0.3, 0.4) is 0 Å². The van der Waals surface area contributed by atoms with E-state index in [1.165, 1.54) is 6.08 Å². The summed E-state index contributed by atoms with van der Waals surface area (Å²) in [7, 11) is 0. The molecule has 0 bridgehead atoms. The van der Waals surface area contributed by atoms with Crippen LogP contribution < -0.4 is 10.2 Å². The zero-order chi connectivity index (χ0) is 24.4. The maximum Gasteiger partial charge on any atom is 0.338 e. The molecule has 172 valence electrons. The van der Waals surface area contributed by atoms with Crippen LogP contribution in [0.1, 0.15) is 28.6 Å². The molecule has 0 spiro atoms. The highest BCUT2D eigenvalue weighted by Crippen LogP contribution is 2.30. The van der Waals surface area contributed by atoms with Crippen LogP contribution in [0.4, 0.5) is 10.5 Å². The maximum absolute atomic E-state index is 13.1. The highest BCUT2D eigenvalue weighted by atomic mass is 35.5. The fraction of sp³-hybridized carbons (Fsp3) is 0.120. The number of hydrogen-bond donors (Lipinski definition) is 1. The van der Waals surface area contributed by atoms with Crippen molar-refractivity contribution < 1.29 is 28.3 Å². The first-order chi connectivity index (χ1) is 16.3. The number of anilines is 1. The lowest BCUT2D eigenvalue weighted by molar-refractivity contribution is -0.122. The largest absolute Gasteiger partial charge is 0.462 e. The quantitative estimate of drug-likeness (QED) is 0.322. The number of halogens is 1. The molecule has 1 aliphatic rings. The van der Waals surface area contributed by atoms with E-state index in [4.69, 9.17) is 20.8 Å². The van der Waals surface area contributed by atoms with Gasteiger partial charge in [0.2, 0.25) is 0 Å². The number of carbonyl (C=O) groups is 4. The molecule has 3 aromatic rings. The number of urea groups is 1. The van der Waals surface area contributed by atoms with Gasteiger partial charge in [0.05, 0.1) is 17.9 Å². The molecule has 0 aliphatic carbocycles. The molecule has 0 saturated carbocycles. The summed E-state index contributed by atoms with van der Waals surface area (Å²) in [5.41, 5.74) is 1.62. The molecule has 9 heteroatoms. The lowest BCUT2D eigenvalue weighted by Crippen LogP contribution is -2.54. The lowest BCUT2D eigenvalue weighted by Gasteiger charge is -2.27. The molecule has 4 rings (SSSR count). The second-order valence-corrected chi connectivity index (χ2v) is 7.75. The van der Waals surface area contributed by atoms with E-state index in [0.717, 1.165) is 4.90 Å². The normalized spacial score (nSPS) is 15.0. The Balaban J connectivity index is 1.62. The van der Waals surface area contributed by atoms with Crippen molar-refractivity contribution in [3.63, 3.8) is 0 Å². The molecule has 1 N–H and O–H groups in total. The van der Waals surface area contributed by atoms with Crippen molar-refractivity contribution in [2.75, 3.05) is 11.5 Å². The third-order valence-electron chi connectivity index (χ3n) is 5.18. The summed E-state index contributed by atoms with van der Waals surface area (Å²) in [6.07, 6.45) is 1.27. The zero-order valence-electron chi connectivity index (χ0n) is 18.3. The number of ether oxygens (including phenoxy) is 1. The summed E-state index contributed by atoms with van der Waals surface area (Å²) in [5, 5.41) is 2.55. The Hall–Kier alpha value is -4.17. The number of barbiturate groups is 1. The zero-order valence-corrected chi connectivity index (χ0v) is 19.0. The smallest absolute Gasteiger partial charge is 0.338 e. The standard InChI is InChI=1S/C25H19ClN2O6/c1-3-33-24(31)16-9-7-15(8-10-16)21-12-11-17(34-21)13-18-22(29)27-25(32)28(23(18)30)20-6-4-5-19(26)14(20)2/h4-13H,3H2,1-2H3,(H,27,29,32)/b18-13+. The molecule has 0 unspecified atom stereocenters. The summed E-state index contributed by atoms with van der Waals surface area (Å²) in [5.74, 6) is -1.35. The number of amides is 4. The van der Waals surface area contributed by atoms with Gasteiger partial charge >= 0.3 is 12.0 Å². The minimum absolute atomic E-state index is 0.236. The van der Waals surface area contributed by atoms with Gasteiger partial charge in [-0.25, -0.2) is 14.5 Å². The van der Waals surface area contributed by atoms with Gasteiger partial charge in [-0.15, -0.1) is 0 Å². The second-order valence-electron chi connectivity index (χ2n) is 7.34. The maximum atomic E-state index is 13.1. The Morgan fingerprint density at radius 2 is 1.82 bits per heavy atom. The number of esters is 1. The first-order valence-corrected chi connectivity index (χ1v) is 10.7. The number of hydrogen-bond acceptors (Lipinski definition) is 6. The average Bonchev–Trinajstić information content (AvgIpc) is 3.28. The van der Waals surface area contributed by atoms with Crippen LogP contribution in [0.2, 0.25) is 5.02 Å². The second kappa shape index (κ2) is 9.36. The van der Waals surface area contributed by atoms with E-state index in [2.05, 4.69) is 5.32 Å². The van der Waals surface area contributed by atoms with E-state index in [0.29, 0.717) is 27.5 Å². The van der Waals surface area contributed by atoms with E-state index in [-0.39, 0.29) is 23.6 Å². The molecule has 1 aliphatic heterocycles. The van der Waals surface area contributed by atoms with Crippen LogP contribution in [0.5, 0.6) is 0 Å². The molecule has 34 heavy (non-hydrogen) atoms. The highest BCUT2D eigenvalue weighted by molar-refractivity contribution is 6.39. The Kier molecular flexibility index (Phi) is 6.34. The number of benzene rings is 2. The van der Waals surface area contributed by atoms with Gasteiger partial charge in [-0.2, -0.15) is 0 Å². The summed E-state index contributed by atoms with van der Waals surface area (Å²) in [6, 6.07) is 13.8. The van der Waals surface area contributed by atoms with E-state index >= 15 is 0 Å². The van der Waals surface area contributed by atoms with Crippen LogP contribution in [0.15, 0.2) is 64.6 Å². The molecule has 1 fully saturated rings. The monoisotopic (exact) mass is 478 g/mol. The number of imide groups is 2. The first-order valence-electron chi connectivity index (χ1n) is 10.3. The van der Waals surface area contributed by atoms with Crippen LogP contribution in [-0.4, -0.2) is 30.4 Å². The number of rotatable bonds is 5. The van der Waals surface area contributed by atoms with E-state index in [1.54, 1.807) is 68.4 Å². The molecule has 8 nitrogen and oxygen atoms in total. The van der Waals surface area contributed by atoms with Crippen molar-refractivity contribution in [3.05, 3.63) is 82.1 Å². The van der Waals surface area contributed by atoms with E-state index in [1.807, 2.05) is 0 Å². The summed E-state index contributed by atoms with van der Waals surface area (Å²) in [4.78, 5) is 50.6. The minimum atomic E-state index is -0.862. The minimum Gasteiger partial charge on any atom is -0.462 e. The lowest BCUT2D eigenvalue weighted by atomic mass is 10.1. The highest BCUT2D eigenvalue weighted by Gasteiger charge is 2.37. The number of nitrogens with zero attached hydrogens (tertiary/aromatic N) is 1. The van der Waals surface area contributed by atoms with Gasteiger partial charge in [-0.3, -0.25) is 14.9 Å². The van der Waals surface area contributed by atoms with Crippen molar-refractivity contribution in [3.8, 4) is 11.3 Å². The van der Waals surface area contributed by atoms with Crippen molar-refractivity contribution in [1.29, 1.82) is 0 Å². The topological polar surface area (TPSA) is 106 Å². The molecule has 2 heterocycles. The number of carbonyl (C=O) groups excluding carboxylic acids is 4. The molecule has 0 radical (unpaired) electrons. The van der Waals surface area contributed by atoms with Crippen molar-refractivity contribution in [2.24, 2.45) is 0 Å². The van der Waals surface area contributed by atoms with Gasteiger partial charge in [0, 0.05) is 10.6 Å². The molecule has 2 aromatic carbocycles. The van der Waals surface area contributed by atoms with Gasteiger partial charge in [0.25, 0.3) is 11.8 Å². The van der Waals surface area contributed by atoms with Gasteiger partial charge in [-0.05, 0) is 61.9 Å². The van der Waals surface area contributed by atoms with Gasteiger partial charge in [-0.1, -0.05) is 29.8 Å². The van der Waals surface area contributed by atoms with Crippen LogP contribution in [-0.2, 0) is 14.3 Å². The summed E-state index contributed by atoms with van der Waals surface area (Å²) >= 11 is 6.14. The molecule has 1 aromatic heterocycles. The Morgan fingerprint density at radius 1 is 1.09 bits per heavy atom. The Morgan fingerprint density at radius 3 is 2.53 bits per heavy atom. The van der Waals surface area contributed by atoms with Gasteiger partial charge < -0.3 is 9.15 Å². The van der Waals surface area contributed by atoms with Crippen LogP contribution >= 0.6 is 11.6 Å². The van der Waals surface area contributed by atoms with Gasteiger partial charge in [0.15, 0.2) is 0 Å². The number of nitrogens with one attached hydrogen (secondary N) is 1. The third-order valence-corrected chi connectivity index (χ3v) is 5.59. The van der Waals surface area contributed by atoms with Crippen molar-refractivity contribution in [2.45, 2.75) is 13.8 Å². The molecule has 4 amide bonds. The predicted molar refractivity (Wildman–Crippen MR) is 125 cm³/mol. The summed E-state index contributed by atoms with van der Waals surface area (Å²) < 4.78 is 10.7. The Bertz CT molecular complexity index is 1340. The fourth-order valence-corrected chi connectivity index (χ4v) is 3.60. The molecular weight excluding hydrogens is 460 g/mol. The average molecular weight is 479 g/mol. The Labute approximate surface area is 199 Å². The third kappa shape index (κ3) is 4.35. The molecule has 0 atom stereocenters. The van der Waals surface area contributed by atoms with E-state index < -0.39 is 23.8 Å². The van der Waals surface area contributed by atoms with E-state index in [9.17, 15) is 19.2 Å². The van der Waals surface area contributed by atoms with Crippen LogP contribution in [0.25, 0.3) is 17.4 Å². The number of furan rings is 1. The predicted octanol–water partition coefficient (Wildman–Crippen LogP) is 4.75. The first kappa shape index (κ1) is 23.0. The fourth-order valence-electron chi connectivity index (χ4n) is 3.43. The molecule has 1 saturated heterocycles. The van der Waals surface area contributed by atoms with Gasteiger partial charge in [0.1, 0.15) is 17.1 Å². The summed E-state index contributed by atoms with van der Waals surface area (Å²) in [6.45, 7) is 3.68. The SMILES string of the molecule is CCOC(=O)c1ccc(-c2ccc(/C=C3\C(=O)NC(=O)N(c4cccc(Cl)c4C)C3=O)o2)cc1. The molecular formula is C25H19ClN2O6. The van der Waals surface area contributed by atoms with Crippen molar-refractivity contribution >= 4 is 47.2 Å².